The highest BCUT2D eigenvalue weighted by Crippen LogP contribution is 2.39. The van der Waals surface area contributed by atoms with E-state index < -0.39 is 6.09 Å². The summed E-state index contributed by atoms with van der Waals surface area (Å²) in [5, 5.41) is 2.63. The number of methoxy groups -OCH3 is 2. The van der Waals surface area contributed by atoms with Crippen molar-refractivity contribution in [2.24, 2.45) is 0 Å². The first kappa shape index (κ1) is 30.0. The Morgan fingerprint density at radius 3 is 1.92 bits per heavy atom. The Hall–Kier alpha value is -3.25. The fourth-order valence-corrected chi connectivity index (χ4v) is 3.03. The molecule has 0 aliphatic carbocycles. The first-order valence-electron chi connectivity index (χ1n) is 12.0. The van der Waals surface area contributed by atoms with Gasteiger partial charge in [-0.1, -0.05) is 30.3 Å². The van der Waals surface area contributed by atoms with Gasteiger partial charge in [-0.15, -0.1) is 0 Å². The van der Waals surface area contributed by atoms with Gasteiger partial charge in [-0.05, 0) is 5.56 Å². The lowest BCUT2D eigenvalue weighted by Crippen LogP contribution is -2.28. The smallest absolute Gasteiger partial charge is 0.407 e. The van der Waals surface area contributed by atoms with Crippen LogP contribution in [0.2, 0.25) is 0 Å². The molecule has 0 heterocycles. The second-order valence-electron chi connectivity index (χ2n) is 7.54. The molecule has 2 aromatic carbocycles. The first-order valence-corrected chi connectivity index (χ1v) is 12.0. The average Bonchev–Trinajstić information content (AvgIpc) is 2.91. The lowest BCUT2D eigenvalue weighted by molar-refractivity contribution is -0.00435. The van der Waals surface area contributed by atoms with E-state index in [1.807, 2.05) is 30.3 Å². The average molecular weight is 523 g/mol. The summed E-state index contributed by atoms with van der Waals surface area (Å²) in [4.78, 5) is 11.6. The van der Waals surface area contributed by atoms with Gasteiger partial charge in [-0.2, -0.15) is 0 Å². The topological polar surface area (TPSA) is 129 Å². The van der Waals surface area contributed by atoms with Crippen LogP contribution in [0.1, 0.15) is 5.56 Å². The molecule has 3 N–H and O–H groups in total. The molecule has 0 aromatic heterocycles. The minimum Gasteiger partial charge on any atom is -0.493 e. The SMILES string of the molecule is COc1cc(N)cc(OCCOCCOCCOCCOCCNC(=O)OCc2ccccc2)c1OC. The molecule has 0 aliphatic rings. The van der Waals surface area contributed by atoms with Gasteiger partial charge in [0.1, 0.15) is 13.2 Å². The summed E-state index contributed by atoms with van der Waals surface area (Å²) < 4.78 is 43.2. The second-order valence-corrected chi connectivity index (χ2v) is 7.54. The minimum absolute atomic E-state index is 0.236. The number of carbonyl (C=O) groups excluding carboxylic acids is 1. The van der Waals surface area contributed by atoms with Crippen molar-refractivity contribution >= 4 is 11.8 Å². The fourth-order valence-electron chi connectivity index (χ4n) is 3.03. The van der Waals surface area contributed by atoms with E-state index in [1.165, 1.54) is 14.2 Å². The number of anilines is 1. The third kappa shape index (κ3) is 13.0. The summed E-state index contributed by atoms with van der Waals surface area (Å²) in [6, 6.07) is 12.8. The Balaban J connectivity index is 1.34. The zero-order chi connectivity index (χ0) is 26.6. The predicted octanol–water partition coefficient (Wildman–Crippen LogP) is 2.66. The summed E-state index contributed by atoms with van der Waals surface area (Å²) in [6.45, 7) is 4.34. The number of hydrogen-bond acceptors (Lipinski definition) is 10. The van der Waals surface area contributed by atoms with Crippen LogP contribution < -0.4 is 25.3 Å². The molecule has 0 saturated carbocycles. The van der Waals surface area contributed by atoms with Crippen LogP contribution in [-0.2, 0) is 30.3 Å². The van der Waals surface area contributed by atoms with Crippen LogP contribution in [0.15, 0.2) is 42.5 Å². The maximum absolute atomic E-state index is 11.6. The molecule has 0 radical (unpaired) electrons. The summed E-state index contributed by atoms with van der Waals surface area (Å²) >= 11 is 0. The highest BCUT2D eigenvalue weighted by Gasteiger charge is 2.12. The lowest BCUT2D eigenvalue weighted by atomic mass is 10.2. The molecular formula is C26H38N2O9. The highest BCUT2D eigenvalue weighted by molar-refractivity contribution is 5.67. The van der Waals surface area contributed by atoms with Gasteiger partial charge in [0.05, 0.1) is 67.1 Å². The van der Waals surface area contributed by atoms with Crippen molar-refractivity contribution in [3.63, 3.8) is 0 Å². The maximum atomic E-state index is 11.6. The Bertz CT molecular complexity index is 884. The van der Waals surface area contributed by atoms with E-state index in [1.54, 1.807) is 12.1 Å². The van der Waals surface area contributed by atoms with E-state index in [-0.39, 0.29) is 6.61 Å². The molecule has 2 aromatic rings. The molecule has 0 aliphatic heterocycles. The number of benzene rings is 2. The Labute approximate surface area is 218 Å². The molecule has 0 saturated heterocycles. The van der Waals surface area contributed by atoms with Crippen molar-refractivity contribution in [2.45, 2.75) is 6.61 Å². The molecule has 37 heavy (non-hydrogen) atoms. The number of alkyl carbamates (subject to hydrolysis) is 1. The second kappa shape index (κ2) is 18.9. The third-order valence-electron chi connectivity index (χ3n) is 4.80. The largest absolute Gasteiger partial charge is 0.493 e. The van der Waals surface area contributed by atoms with Crippen molar-refractivity contribution in [1.82, 2.24) is 5.32 Å². The fraction of sp³-hybridized carbons (Fsp3) is 0.500. The van der Waals surface area contributed by atoms with Gasteiger partial charge in [-0.3, -0.25) is 0 Å². The molecule has 1 amide bonds. The van der Waals surface area contributed by atoms with Crippen LogP contribution in [0.25, 0.3) is 0 Å². The third-order valence-corrected chi connectivity index (χ3v) is 4.80. The van der Waals surface area contributed by atoms with Gasteiger partial charge >= 0.3 is 6.09 Å². The molecule has 0 unspecified atom stereocenters. The van der Waals surface area contributed by atoms with Crippen molar-refractivity contribution in [2.75, 3.05) is 86.0 Å². The monoisotopic (exact) mass is 522 g/mol. The minimum atomic E-state index is -0.473. The summed E-state index contributed by atoms with van der Waals surface area (Å²) in [7, 11) is 3.08. The Morgan fingerprint density at radius 2 is 1.32 bits per heavy atom. The van der Waals surface area contributed by atoms with Crippen molar-refractivity contribution in [1.29, 1.82) is 0 Å². The van der Waals surface area contributed by atoms with E-state index in [0.29, 0.717) is 88.9 Å². The van der Waals surface area contributed by atoms with Gasteiger partial charge in [0, 0.05) is 24.4 Å². The van der Waals surface area contributed by atoms with Crippen molar-refractivity contribution in [3.8, 4) is 17.2 Å². The van der Waals surface area contributed by atoms with E-state index in [9.17, 15) is 4.79 Å². The van der Waals surface area contributed by atoms with Gasteiger partial charge in [-0.25, -0.2) is 4.79 Å². The molecule has 2 rings (SSSR count). The molecule has 0 fully saturated rings. The van der Waals surface area contributed by atoms with Crippen molar-refractivity contribution < 1.29 is 42.7 Å². The maximum Gasteiger partial charge on any atom is 0.407 e. The van der Waals surface area contributed by atoms with Crippen LogP contribution in [0.3, 0.4) is 0 Å². The van der Waals surface area contributed by atoms with Crippen molar-refractivity contribution in [3.05, 3.63) is 48.0 Å². The number of nitrogen functional groups attached to an aromatic ring is 1. The first-order chi connectivity index (χ1) is 18.1. The molecule has 0 atom stereocenters. The number of hydrogen-bond donors (Lipinski definition) is 2. The number of rotatable bonds is 20. The standard InChI is InChI=1S/C26H38N2O9/c1-30-23-18-22(27)19-24(25(23)31-2)36-17-16-35-15-14-34-13-12-33-11-10-32-9-8-28-26(29)37-20-21-6-4-3-5-7-21/h3-7,18-19H,8-17,20,27H2,1-2H3,(H,28,29). The quantitative estimate of drug-likeness (QED) is 0.198. The van der Waals surface area contributed by atoms with Gasteiger partial charge < -0.3 is 48.9 Å². The van der Waals surface area contributed by atoms with Gasteiger partial charge in [0.2, 0.25) is 5.75 Å². The van der Waals surface area contributed by atoms with Crippen LogP contribution >= 0.6 is 0 Å². The van der Waals surface area contributed by atoms with E-state index in [0.717, 1.165) is 5.56 Å². The Morgan fingerprint density at radius 1 is 0.757 bits per heavy atom. The number of ether oxygens (including phenoxy) is 8. The molecule has 206 valence electrons. The van der Waals surface area contributed by atoms with E-state index >= 15 is 0 Å². The van der Waals surface area contributed by atoms with E-state index in [2.05, 4.69) is 5.32 Å². The van der Waals surface area contributed by atoms with Gasteiger partial charge in [0.15, 0.2) is 11.5 Å². The molecule has 11 nitrogen and oxygen atoms in total. The number of carbonyl (C=O) groups is 1. The zero-order valence-electron chi connectivity index (χ0n) is 21.6. The van der Waals surface area contributed by atoms with Crippen LogP contribution in [0, 0.1) is 0 Å². The zero-order valence-corrected chi connectivity index (χ0v) is 21.6. The van der Waals surface area contributed by atoms with Crippen LogP contribution in [-0.4, -0.2) is 86.3 Å². The number of nitrogens with two attached hydrogens (primary N) is 1. The van der Waals surface area contributed by atoms with Gasteiger partial charge in [0.25, 0.3) is 0 Å². The molecule has 0 bridgehead atoms. The summed E-state index contributed by atoms with van der Waals surface area (Å²) in [5.74, 6) is 1.49. The van der Waals surface area contributed by atoms with Crippen LogP contribution in [0.5, 0.6) is 17.2 Å². The summed E-state index contributed by atoms with van der Waals surface area (Å²) in [6.07, 6.45) is -0.473. The van der Waals surface area contributed by atoms with E-state index in [4.69, 9.17) is 43.6 Å². The Kier molecular flexibility index (Phi) is 15.3. The lowest BCUT2D eigenvalue weighted by Gasteiger charge is -2.14. The molecule has 0 spiro atoms. The normalized spacial score (nSPS) is 10.6. The predicted molar refractivity (Wildman–Crippen MR) is 137 cm³/mol. The summed E-state index contributed by atoms with van der Waals surface area (Å²) in [5.41, 5.74) is 7.30. The number of nitrogens with one attached hydrogen (secondary N) is 1. The molecular weight excluding hydrogens is 484 g/mol. The highest BCUT2D eigenvalue weighted by atomic mass is 16.6. The van der Waals surface area contributed by atoms with Crippen LogP contribution in [0.4, 0.5) is 10.5 Å². The molecule has 11 heteroatoms. The number of amides is 1.